The number of hydrogen-bond acceptors (Lipinski definition) is 6. The molecule has 6 nitrogen and oxygen atoms in total. The second-order valence-electron chi connectivity index (χ2n) is 17.8. The van der Waals surface area contributed by atoms with E-state index < -0.39 is 6.10 Å². The van der Waals surface area contributed by atoms with Crippen LogP contribution in [-0.4, -0.2) is 37.2 Å². The maximum absolute atomic E-state index is 12.8. The van der Waals surface area contributed by atoms with E-state index in [9.17, 15) is 14.4 Å². The molecule has 0 amide bonds. The zero-order valence-corrected chi connectivity index (χ0v) is 41.6. The van der Waals surface area contributed by atoms with E-state index in [1.807, 2.05) is 0 Å². The van der Waals surface area contributed by atoms with Gasteiger partial charge in [0.2, 0.25) is 0 Å². The van der Waals surface area contributed by atoms with Gasteiger partial charge in [-0.3, -0.25) is 14.4 Å². The lowest BCUT2D eigenvalue weighted by atomic mass is 10.1. The summed E-state index contributed by atoms with van der Waals surface area (Å²) in [5.41, 5.74) is 0. The lowest BCUT2D eigenvalue weighted by Gasteiger charge is -2.18. The minimum Gasteiger partial charge on any atom is -0.462 e. The minimum absolute atomic E-state index is 0.0844. The van der Waals surface area contributed by atoms with Crippen LogP contribution in [0, 0.1) is 0 Å². The van der Waals surface area contributed by atoms with E-state index in [2.05, 4.69) is 81.5 Å². The fourth-order valence-corrected chi connectivity index (χ4v) is 7.39. The van der Waals surface area contributed by atoms with E-state index in [1.54, 1.807) is 0 Å². The molecule has 6 heteroatoms. The topological polar surface area (TPSA) is 78.9 Å². The van der Waals surface area contributed by atoms with Crippen molar-refractivity contribution in [3.05, 3.63) is 60.8 Å². The van der Waals surface area contributed by atoms with Gasteiger partial charge in [0.15, 0.2) is 6.10 Å². The van der Waals surface area contributed by atoms with Gasteiger partial charge in [-0.15, -0.1) is 0 Å². The molecule has 1 atom stereocenters. The number of unbranched alkanes of at least 4 members (excludes halogenated alkanes) is 27. The Morgan fingerprint density at radius 1 is 0.317 bits per heavy atom. The highest BCUT2D eigenvalue weighted by Gasteiger charge is 2.19. The smallest absolute Gasteiger partial charge is 0.306 e. The van der Waals surface area contributed by atoms with Crippen LogP contribution >= 0.6 is 0 Å². The number of ether oxygens (including phenoxy) is 3. The van der Waals surface area contributed by atoms with E-state index in [4.69, 9.17) is 14.2 Å². The zero-order chi connectivity index (χ0) is 45.8. The van der Waals surface area contributed by atoms with Gasteiger partial charge in [-0.25, -0.2) is 0 Å². The minimum atomic E-state index is -0.785. The molecule has 0 aromatic rings. The molecular weight excluding hydrogens is 781 g/mol. The van der Waals surface area contributed by atoms with E-state index in [0.29, 0.717) is 19.3 Å². The molecule has 1 unspecified atom stereocenters. The SMILES string of the molecule is CCC/C=C\C/C=C\CCCCCCCC(=O)OC(COC(=O)CCCCCCC/C=C\CCCCCC)COC(=O)CCCCCCCCCCC/C=C\C/C=C\CCCCC. The Bertz CT molecular complexity index is 1150. The van der Waals surface area contributed by atoms with Crippen LogP contribution in [0.25, 0.3) is 0 Å². The van der Waals surface area contributed by atoms with E-state index >= 15 is 0 Å². The standard InChI is InChI=1S/C57H100O6/c1-4-7-10-13-16-19-22-25-26-27-28-29-30-33-35-38-41-44-47-50-56(59)62-53-54(63-57(60)51-48-45-42-39-36-32-24-21-18-15-12-9-6-3)52-61-55(58)49-46-43-40-37-34-31-23-20-17-14-11-8-5-2/h12,15-16,19-21,23-26,54H,4-11,13-14,17-18,22,27-53H2,1-3H3/b15-12-,19-16-,23-20-,24-21-,26-25-. The maximum Gasteiger partial charge on any atom is 0.306 e. The van der Waals surface area contributed by atoms with Crippen molar-refractivity contribution in [3.63, 3.8) is 0 Å². The van der Waals surface area contributed by atoms with Gasteiger partial charge in [-0.05, 0) is 103 Å². The monoisotopic (exact) mass is 881 g/mol. The second-order valence-corrected chi connectivity index (χ2v) is 17.8. The van der Waals surface area contributed by atoms with Crippen molar-refractivity contribution in [3.8, 4) is 0 Å². The molecular formula is C57H100O6. The summed E-state index contributed by atoms with van der Waals surface area (Å²) in [6, 6.07) is 0. The molecule has 0 aliphatic rings. The van der Waals surface area contributed by atoms with E-state index in [-0.39, 0.29) is 31.1 Å². The summed E-state index contributed by atoms with van der Waals surface area (Å²) in [4.78, 5) is 38.0. The third-order valence-corrected chi connectivity index (χ3v) is 11.4. The average molecular weight is 881 g/mol. The van der Waals surface area contributed by atoms with Crippen LogP contribution in [-0.2, 0) is 28.6 Å². The number of rotatable bonds is 48. The van der Waals surface area contributed by atoms with Gasteiger partial charge in [0.1, 0.15) is 13.2 Å². The highest BCUT2D eigenvalue weighted by atomic mass is 16.6. The summed E-state index contributed by atoms with van der Waals surface area (Å²) in [6.07, 6.45) is 63.4. The highest BCUT2D eigenvalue weighted by molar-refractivity contribution is 5.71. The first-order valence-corrected chi connectivity index (χ1v) is 26.8. The third kappa shape index (κ3) is 50.0. The number of allylic oxidation sites excluding steroid dienone is 10. The fraction of sp³-hybridized carbons (Fsp3) is 0.772. The van der Waals surface area contributed by atoms with E-state index in [0.717, 1.165) is 103 Å². The van der Waals surface area contributed by atoms with Crippen LogP contribution in [0.4, 0.5) is 0 Å². The molecule has 0 radical (unpaired) electrons. The van der Waals surface area contributed by atoms with Crippen molar-refractivity contribution >= 4 is 17.9 Å². The molecule has 364 valence electrons. The van der Waals surface area contributed by atoms with Gasteiger partial charge >= 0.3 is 17.9 Å². The molecule has 63 heavy (non-hydrogen) atoms. The Balaban J connectivity index is 4.36. The summed E-state index contributed by atoms with van der Waals surface area (Å²) >= 11 is 0. The first-order chi connectivity index (χ1) is 31.0. The number of esters is 3. The quantitative estimate of drug-likeness (QED) is 0.0262. The predicted molar refractivity (Wildman–Crippen MR) is 270 cm³/mol. The maximum atomic E-state index is 12.8. The summed E-state index contributed by atoms with van der Waals surface area (Å²) < 4.78 is 16.8. The number of hydrogen-bond donors (Lipinski definition) is 0. The van der Waals surface area contributed by atoms with Gasteiger partial charge in [-0.2, -0.15) is 0 Å². The van der Waals surface area contributed by atoms with Crippen LogP contribution < -0.4 is 0 Å². The normalized spacial score (nSPS) is 12.5. The summed E-state index contributed by atoms with van der Waals surface area (Å²) in [6.45, 7) is 6.52. The van der Waals surface area contributed by atoms with Crippen molar-refractivity contribution in [1.29, 1.82) is 0 Å². The van der Waals surface area contributed by atoms with Gasteiger partial charge in [0.05, 0.1) is 0 Å². The van der Waals surface area contributed by atoms with E-state index in [1.165, 1.54) is 122 Å². The fourth-order valence-electron chi connectivity index (χ4n) is 7.39. The highest BCUT2D eigenvalue weighted by Crippen LogP contribution is 2.14. The predicted octanol–water partition coefficient (Wildman–Crippen LogP) is 17.6. The Kier molecular flexibility index (Phi) is 49.4. The molecule has 0 spiro atoms. The van der Waals surface area contributed by atoms with Crippen LogP contribution in [0.2, 0.25) is 0 Å². The van der Waals surface area contributed by atoms with Crippen LogP contribution in [0.3, 0.4) is 0 Å². The molecule has 0 aromatic heterocycles. The Hall–Kier alpha value is -2.89. The first-order valence-electron chi connectivity index (χ1n) is 26.8. The molecule has 0 aromatic carbocycles. The van der Waals surface area contributed by atoms with Crippen molar-refractivity contribution in [1.82, 2.24) is 0 Å². The molecule has 0 aliphatic heterocycles. The Labute approximate surface area is 390 Å². The third-order valence-electron chi connectivity index (χ3n) is 11.4. The zero-order valence-electron chi connectivity index (χ0n) is 41.6. The van der Waals surface area contributed by atoms with Crippen LogP contribution in [0.1, 0.15) is 265 Å². The van der Waals surface area contributed by atoms with Gasteiger partial charge in [0.25, 0.3) is 0 Å². The molecule has 0 saturated carbocycles. The van der Waals surface area contributed by atoms with Gasteiger partial charge in [0, 0.05) is 19.3 Å². The average Bonchev–Trinajstić information content (AvgIpc) is 3.28. The second kappa shape index (κ2) is 51.7. The molecule has 0 heterocycles. The molecule has 0 bridgehead atoms. The lowest BCUT2D eigenvalue weighted by molar-refractivity contribution is -0.167. The Morgan fingerprint density at radius 3 is 0.984 bits per heavy atom. The molecule has 0 aliphatic carbocycles. The van der Waals surface area contributed by atoms with Crippen molar-refractivity contribution in [2.24, 2.45) is 0 Å². The van der Waals surface area contributed by atoms with Crippen molar-refractivity contribution in [2.75, 3.05) is 13.2 Å². The lowest BCUT2D eigenvalue weighted by Crippen LogP contribution is -2.30. The molecule has 0 fully saturated rings. The largest absolute Gasteiger partial charge is 0.462 e. The van der Waals surface area contributed by atoms with Crippen molar-refractivity contribution in [2.45, 2.75) is 271 Å². The summed E-state index contributed by atoms with van der Waals surface area (Å²) in [5.74, 6) is -0.907. The van der Waals surface area contributed by atoms with Crippen LogP contribution in [0.15, 0.2) is 60.8 Å². The molecule has 0 N–H and O–H groups in total. The Morgan fingerprint density at radius 2 is 0.603 bits per heavy atom. The van der Waals surface area contributed by atoms with Gasteiger partial charge < -0.3 is 14.2 Å². The number of carbonyl (C=O) groups excluding carboxylic acids is 3. The van der Waals surface area contributed by atoms with Crippen molar-refractivity contribution < 1.29 is 28.6 Å². The van der Waals surface area contributed by atoms with Crippen LogP contribution in [0.5, 0.6) is 0 Å². The summed E-state index contributed by atoms with van der Waals surface area (Å²) in [7, 11) is 0. The molecule has 0 saturated heterocycles. The number of carbonyl (C=O) groups is 3. The van der Waals surface area contributed by atoms with Gasteiger partial charge in [-0.1, -0.05) is 204 Å². The molecule has 0 rings (SSSR count). The summed E-state index contributed by atoms with van der Waals surface area (Å²) in [5, 5.41) is 0. The first kappa shape index (κ1) is 60.1.